The van der Waals surface area contributed by atoms with Gasteiger partial charge in [-0.15, -0.1) is 0 Å². The van der Waals surface area contributed by atoms with Gasteiger partial charge in [0.05, 0.1) is 6.07 Å². The number of aromatic nitrogens is 3. The number of carbonyl (C=O) groups is 1. The predicted molar refractivity (Wildman–Crippen MR) is 101 cm³/mol. The predicted octanol–water partition coefficient (Wildman–Crippen LogP) is 3.59. The van der Waals surface area contributed by atoms with Gasteiger partial charge in [-0.3, -0.25) is 4.79 Å². The average molecular weight is 398 g/mol. The number of para-hydroxylation sites is 1. The van der Waals surface area contributed by atoms with Gasteiger partial charge in [0.2, 0.25) is 11.9 Å². The molecular weight excluding hydrogens is 378 g/mol. The summed E-state index contributed by atoms with van der Waals surface area (Å²) in [5.41, 5.74) is 5.09. The summed E-state index contributed by atoms with van der Waals surface area (Å²) >= 11 is 0. The summed E-state index contributed by atoms with van der Waals surface area (Å²) in [5, 5.41) is 12.5. The average Bonchev–Trinajstić information content (AvgIpc) is 3.17. The Morgan fingerprint density at radius 3 is 2.72 bits per heavy atom. The smallest absolute Gasteiger partial charge is 0.258 e. The molecule has 3 N–H and O–H groups in total. The van der Waals surface area contributed by atoms with Crippen molar-refractivity contribution in [1.29, 1.82) is 5.26 Å². The molecule has 0 aliphatic heterocycles. The van der Waals surface area contributed by atoms with Crippen molar-refractivity contribution in [3.63, 3.8) is 0 Å². The van der Waals surface area contributed by atoms with E-state index in [9.17, 15) is 18.8 Å². The van der Waals surface area contributed by atoms with Crippen LogP contribution in [-0.2, 0) is 4.79 Å². The molecule has 0 radical (unpaired) electrons. The Bertz CT molecular complexity index is 977. The van der Waals surface area contributed by atoms with Crippen LogP contribution >= 0.6 is 0 Å². The van der Waals surface area contributed by atoms with Crippen LogP contribution in [0.15, 0.2) is 30.3 Å². The Morgan fingerprint density at radius 1 is 1.28 bits per heavy atom. The van der Waals surface area contributed by atoms with Gasteiger partial charge < -0.3 is 11.1 Å². The van der Waals surface area contributed by atoms with E-state index in [1.165, 1.54) is 0 Å². The fraction of sp³-hybridized carbons (Fsp3) is 0.450. The first-order chi connectivity index (χ1) is 13.9. The second kappa shape index (κ2) is 7.03. The molecule has 1 aromatic carbocycles. The van der Waals surface area contributed by atoms with Crippen LogP contribution < -0.4 is 11.1 Å². The number of rotatable bonds is 6. The number of alkyl halides is 2. The van der Waals surface area contributed by atoms with E-state index in [0.29, 0.717) is 24.9 Å². The van der Waals surface area contributed by atoms with E-state index in [-0.39, 0.29) is 24.1 Å². The number of halogens is 2. The number of nitrogen functional groups attached to an aromatic ring is 1. The molecule has 2 aliphatic rings. The number of benzene rings is 1. The second-order valence-electron chi connectivity index (χ2n) is 7.65. The van der Waals surface area contributed by atoms with E-state index in [0.717, 1.165) is 6.42 Å². The topological polar surface area (TPSA) is 118 Å². The Kier molecular flexibility index (Phi) is 4.65. The third kappa shape index (κ3) is 3.28. The number of anilines is 3. The number of nitriles is 1. The Labute approximate surface area is 166 Å². The molecule has 150 valence electrons. The zero-order chi connectivity index (χ0) is 20.6. The normalized spacial score (nSPS) is 25.3. The van der Waals surface area contributed by atoms with Crippen LogP contribution in [0.25, 0.3) is 0 Å². The summed E-state index contributed by atoms with van der Waals surface area (Å²) in [4.78, 5) is 24.9. The van der Waals surface area contributed by atoms with E-state index < -0.39 is 29.0 Å². The van der Waals surface area contributed by atoms with Crippen LogP contribution in [0, 0.1) is 22.7 Å². The maximum absolute atomic E-state index is 14.4. The molecule has 29 heavy (non-hydrogen) atoms. The van der Waals surface area contributed by atoms with Crippen LogP contribution in [0.1, 0.15) is 43.8 Å². The lowest BCUT2D eigenvalue weighted by atomic mass is 9.82. The quantitative estimate of drug-likeness (QED) is 0.763. The minimum atomic E-state index is -2.85. The molecule has 7 nitrogen and oxygen atoms in total. The maximum Gasteiger partial charge on any atom is 0.258 e. The van der Waals surface area contributed by atoms with Crippen molar-refractivity contribution in [2.24, 2.45) is 11.3 Å². The zero-order valence-corrected chi connectivity index (χ0v) is 15.6. The highest BCUT2D eigenvalue weighted by Gasteiger charge is 2.80. The van der Waals surface area contributed by atoms with Crippen molar-refractivity contribution in [3.05, 3.63) is 36.2 Å². The summed E-state index contributed by atoms with van der Waals surface area (Å²) in [5.74, 6) is -5.80. The number of hydrogen-bond acceptors (Lipinski definition) is 7. The lowest BCUT2D eigenvalue weighted by molar-refractivity contribution is -0.122. The van der Waals surface area contributed by atoms with Gasteiger partial charge >= 0.3 is 0 Å². The van der Waals surface area contributed by atoms with Crippen LogP contribution in [0.4, 0.5) is 26.4 Å². The first-order valence-corrected chi connectivity index (χ1v) is 9.51. The standard InChI is InChI=1S/C20H20F2N6O/c21-20(22)15-8-4-5-9-19(15,20)10-14(29)13(11-23)16-26-17(24)28-18(27-16)25-12-6-2-1-3-7-12/h1-3,6-7,13,15H,4-5,8-10H2,(H3,24,25,26,27,28). The highest BCUT2D eigenvalue weighted by Crippen LogP contribution is 2.74. The zero-order valence-electron chi connectivity index (χ0n) is 15.6. The molecule has 0 saturated heterocycles. The number of nitrogens with one attached hydrogen (secondary N) is 1. The van der Waals surface area contributed by atoms with Gasteiger partial charge in [0, 0.05) is 23.4 Å². The molecule has 1 heterocycles. The lowest BCUT2D eigenvalue weighted by Crippen LogP contribution is -2.24. The first-order valence-electron chi connectivity index (χ1n) is 9.51. The third-order valence-corrected chi connectivity index (χ3v) is 5.95. The summed E-state index contributed by atoms with van der Waals surface area (Å²) in [6.45, 7) is 0. The maximum atomic E-state index is 14.4. The van der Waals surface area contributed by atoms with E-state index in [1.54, 1.807) is 12.1 Å². The van der Waals surface area contributed by atoms with E-state index >= 15 is 0 Å². The van der Waals surface area contributed by atoms with Gasteiger partial charge in [0.15, 0.2) is 17.5 Å². The van der Waals surface area contributed by atoms with Gasteiger partial charge in [-0.05, 0) is 25.0 Å². The number of fused-ring (bicyclic) bond motifs is 1. The van der Waals surface area contributed by atoms with Crippen molar-refractivity contribution in [2.45, 2.75) is 43.9 Å². The SMILES string of the molecule is N#CC(C(=O)CC12CCCCC1C2(F)F)c1nc(N)nc(Nc2ccccc2)n1. The van der Waals surface area contributed by atoms with Gasteiger partial charge in [-0.2, -0.15) is 20.2 Å². The summed E-state index contributed by atoms with van der Waals surface area (Å²) < 4.78 is 28.7. The monoisotopic (exact) mass is 398 g/mol. The molecule has 2 saturated carbocycles. The number of ketones is 1. The van der Waals surface area contributed by atoms with Gasteiger partial charge in [-0.1, -0.05) is 31.0 Å². The fourth-order valence-electron chi connectivity index (χ4n) is 4.44. The number of nitrogens with two attached hydrogens (primary N) is 1. The minimum absolute atomic E-state index is 0.0807. The molecule has 0 bridgehead atoms. The molecule has 0 spiro atoms. The van der Waals surface area contributed by atoms with E-state index in [1.807, 2.05) is 24.3 Å². The molecule has 2 fully saturated rings. The van der Waals surface area contributed by atoms with Gasteiger partial charge in [-0.25, -0.2) is 8.78 Å². The molecule has 2 aromatic rings. The highest BCUT2D eigenvalue weighted by atomic mass is 19.3. The van der Waals surface area contributed by atoms with E-state index in [2.05, 4.69) is 20.3 Å². The summed E-state index contributed by atoms with van der Waals surface area (Å²) in [7, 11) is 0. The molecule has 9 heteroatoms. The second-order valence-corrected chi connectivity index (χ2v) is 7.65. The third-order valence-electron chi connectivity index (χ3n) is 5.95. The van der Waals surface area contributed by atoms with Crippen molar-refractivity contribution in [3.8, 4) is 6.07 Å². The van der Waals surface area contributed by atoms with Gasteiger partial charge in [0.1, 0.15) is 0 Å². The van der Waals surface area contributed by atoms with Crippen molar-refractivity contribution < 1.29 is 13.6 Å². The molecule has 1 aromatic heterocycles. The number of Topliss-reactive ketones (excluding diaryl/α,β-unsaturated/α-hetero) is 1. The van der Waals surface area contributed by atoms with Crippen LogP contribution in [0.3, 0.4) is 0 Å². The van der Waals surface area contributed by atoms with Crippen LogP contribution in [0.5, 0.6) is 0 Å². The van der Waals surface area contributed by atoms with Crippen LogP contribution in [-0.4, -0.2) is 26.7 Å². The minimum Gasteiger partial charge on any atom is -0.368 e. The molecule has 2 aliphatic carbocycles. The fourth-order valence-corrected chi connectivity index (χ4v) is 4.44. The first kappa shape index (κ1) is 19.2. The van der Waals surface area contributed by atoms with Crippen molar-refractivity contribution in [1.82, 2.24) is 15.0 Å². The Morgan fingerprint density at radius 2 is 2.03 bits per heavy atom. The molecule has 3 unspecified atom stereocenters. The van der Waals surface area contributed by atoms with E-state index in [4.69, 9.17) is 5.73 Å². The van der Waals surface area contributed by atoms with Crippen molar-refractivity contribution >= 4 is 23.4 Å². The summed E-state index contributed by atoms with van der Waals surface area (Å²) in [6, 6.07) is 10.9. The van der Waals surface area contributed by atoms with Crippen LogP contribution in [0.2, 0.25) is 0 Å². The molecular formula is C20H20F2N6O. The molecule has 3 atom stereocenters. The lowest BCUT2D eigenvalue weighted by Gasteiger charge is -2.20. The molecule has 4 rings (SSSR count). The Balaban J connectivity index is 1.56. The molecule has 0 amide bonds. The largest absolute Gasteiger partial charge is 0.368 e. The number of carbonyl (C=O) groups excluding carboxylic acids is 1. The number of nitrogens with zero attached hydrogens (tertiary/aromatic N) is 4. The highest BCUT2D eigenvalue weighted by molar-refractivity contribution is 5.88. The Hall–Kier alpha value is -3.15. The van der Waals surface area contributed by atoms with Gasteiger partial charge in [0.25, 0.3) is 5.92 Å². The summed E-state index contributed by atoms with van der Waals surface area (Å²) in [6.07, 6.45) is 1.78. The number of hydrogen-bond donors (Lipinski definition) is 2. The van der Waals surface area contributed by atoms with Crippen molar-refractivity contribution in [2.75, 3.05) is 11.1 Å².